The first kappa shape index (κ1) is 16.8. The molecule has 1 aliphatic heterocycles. The molecule has 3 rings (SSSR count). The van der Waals surface area contributed by atoms with Gasteiger partial charge < -0.3 is 0 Å². The Kier molecular flexibility index (Phi) is 4.27. The Bertz CT molecular complexity index is 882. The van der Waals surface area contributed by atoms with Gasteiger partial charge in [-0.05, 0) is 51.0 Å². The van der Waals surface area contributed by atoms with Crippen molar-refractivity contribution in [3.05, 3.63) is 47.0 Å². The maximum atomic E-state index is 13.0. The molecule has 0 N–H and O–H groups in total. The Morgan fingerprint density at radius 3 is 2.29 bits per heavy atom. The molecule has 8 heteroatoms. The van der Waals surface area contributed by atoms with Gasteiger partial charge in [0.05, 0.1) is 11.4 Å². The van der Waals surface area contributed by atoms with Crippen molar-refractivity contribution in [3.63, 3.8) is 0 Å². The van der Waals surface area contributed by atoms with E-state index < -0.39 is 21.7 Å². The van der Waals surface area contributed by atoms with Crippen molar-refractivity contribution in [3.8, 4) is 0 Å². The van der Waals surface area contributed by atoms with E-state index in [1.54, 1.807) is 13.8 Å². The van der Waals surface area contributed by atoms with Crippen molar-refractivity contribution in [2.24, 2.45) is 0 Å². The number of halogens is 1. The van der Waals surface area contributed by atoms with Crippen LogP contribution in [0.3, 0.4) is 0 Å². The molecule has 0 spiro atoms. The average Bonchev–Trinajstić information content (AvgIpc) is 3.16. The molecule has 2 aromatic rings. The monoisotopic (exact) mass is 351 g/mol. The van der Waals surface area contributed by atoms with Crippen LogP contribution in [0.1, 0.15) is 34.6 Å². The zero-order chi connectivity index (χ0) is 17.5. The van der Waals surface area contributed by atoms with Gasteiger partial charge in [-0.3, -0.25) is 4.79 Å². The van der Waals surface area contributed by atoms with Crippen LogP contribution in [-0.4, -0.2) is 41.5 Å². The molecule has 24 heavy (non-hydrogen) atoms. The molecule has 1 saturated heterocycles. The van der Waals surface area contributed by atoms with E-state index in [2.05, 4.69) is 5.10 Å². The van der Waals surface area contributed by atoms with E-state index in [0.717, 1.165) is 17.5 Å². The summed E-state index contributed by atoms with van der Waals surface area (Å²) in [7, 11) is -3.66. The van der Waals surface area contributed by atoms with Crippen LogP contribution in [-0.2, 0) is 10.0 Å². The van der Waals surface area contributed by atoms with Crippen molar-refractivity contribution in [1.29, 1.82) is 0 Å². The van der Waals surface area contributed by atoms with Crippen LogP contribution in [0, 0.1) is 19.7 Å². The fraction of sp³-hybridized carbons (Fsp3) is 0.375. The highest BCUT2D eigenvalue weighted by Gasteiger charge is 2.33. The summed E-state index contributed by atoms with van der Waals surface area (Å²) in [5.41, 5.74) is 0.802. The standard InChI is InChI=1S/C16H18FN3O3S/c1-11-15(24(22,23)19-9-3-4-10-19)12(2)20(18-11)16(21)13-5-7-14(17)8-6-13/h5-8H,3-4,9-10H2,1-2H3. The van der Waals surface area contributed by atoms with E-state index in [1.807, 2.05) is 0 Å². The number of sulfonamides is 1. The van der Waals surface area contributed by atoms with Gasteiger partial charge >= 0.3 is 0 Å². The first-order chi connectivity index (χ1) is 11.3. The molecule has 1 fully saturated rings. The van der Waals surface area contributed by atoms with Crippen LogP contribution in [0.2, 0.25) is 0 Å². The largest absolute Gasteiger partial charge is 0.278 e. The third-order valence-electron chi connectivity index (χ3n) is 4.17. The van der Waals surface area contributed by atoms with Crippen molar-refractivity contribution in [1.82, 2.24) is 14.1 Å². The van der Waals surface area contributed by atoms with Crippen LogP contribution in [0.15, 0.2) is 29.2 Å². The molecule has 1 aliphatic rings. The van der Waals surface area contributed by atoms with Gasteiger partial charge in [0.2, 0.25) is 10.0 Å². The quantitative estimate of drug-likeness (QED) is 0.849. The fourth-order valence-electron chi connectivity index (χ4n) is 2.97. The Hall–Kier alpha value is -2.06. The Labute approximate surface area is 139 Å². The van der Waals surface area contributed by atoms with Gasteiger partial charge in [-0.2, -0.15) is 14.1 Å². The number of aryl methyl sites for hydroxylation is 1. The summed E-state index contributed by atoms with van der Waals surface area (Å²) in [4.78, 5) is 12.6. The summed E-state index contributed by atoms with van der Waals surface area (Å²) < 4.78 is 41.1. The number of aromatic nitrogens is 2. The van der Waals surface area contributed by atoms with Gasteiger partial charge in [0, 0.05) is 18.7 Å². The van der Waals surface area contributed by atoms with Crippen LogP contribution in [0.5, 0.6) is 0 Å². The van der Waals surface area contributed by atoms with E-state index in [-0.39, 0.29) is 21.8 Å². The SMILES string of the molecule is Cc1nn(C(=O)c2ccc(F)cc2)c(C)c1S(=O)(=O)N1CCCC1. The van der Waals surface area contributed by atoms with Gasteiger partial charge in [-0.25, -0.2) is 12.8 Å². The molecule has 0 atom stereocenters. The van der Waals surface area contributed by atoms with Gasteiger partial charge in [-0.1, -0.05) is 0 Å². The molecule has 0 radical (unpaired) electrons. The van der Waals surface area contributed by atoms with Crippen molar-refractivity contribution in [2.75, 3.05) is 13.1 Å². The molecule has 0 aliphatic carbocycles. The highest BCUT2D eigenvalue weighted by molar-refractivity contribution is 7.89. The highest BCUT2D eigenvalue weighted by Crippen LogP contribution is 2.26. The summed E-state index contributed by atoms with van der Waals surface area (Å²) in [5.74, 6) is -0.935. The lowest BCUT2D eigenvalue weighted by Crippen LogP contribution is -2.29. The Morgan fingerprint density at radius 2 is 1.71 bits per heavy atom. The van der Waals surface area contributed by atoms with Crippen LogP contribution < -0.4 is 0 Å². The predicted octanol–water partition coefficient (Wildman–Crippen LogP) is 2.11. The highest BCUT2D eigenvalue weighted by atomic mass is 32.2. The maximum Gasteiger partial charge on any atom is 0.278 e. The second-order valence-electron chi connectivity index (χ2n) is 5.83. The summed E-state index contributed by atoms with van der Waals surface area (Å²) in [5, 5.41) is 4.11. The number of carbonyl (C=O) groups excluding carboxylic acids is 1. The number of hydrogen-bond acceptors (Lipinski definition) is 4. The lowest BCUT2D eigenvalue weighted by Gasteiger charge is -2.15. The zero-order valence-electron chi connectivity index (χ0n) is 13.5. The first-order valence-electron chi connectivity index (χ1n) is 7.69. The lowest BCUT2D eigenvalue weighted by molar-refractivity contribution is 0.0942. The third kappa shape index (κ3) is 2.76. The van der Waals surface area contributed by atoms with Crippen molar-refractivity contribution < 1.29 is 17.6 Å². The molecule has 0 unspecified atom stereocenters. The van der Waals surface area contributed by atoms with E-state index in [4.69, 9.17) is 0 Å². The van der Waals surface area contributed by atoms with Gasteiger partial charge in [-0.15, -0.1) is 0 Å². The van der Waals surface area contributed by atoms with Crippen LogP contribution >= 0.6 is 0 Å². The smallest absolute Gasteiger partial charge is 0.267 e. The lowest BCUT2D eigenvalue weighted by atomic mass is 10.2. The minimum Gasteiger partial charge on any atom is -0.267 e. The van der Waals surface area contributed by atoms with E-state index in [1.165, 1.54) is 28.6 Å². The summed E-state index contributed by atoms with van der Waals surface area (Å²) in [6, 6.07) is 5.06. The normalized spacial score (nSPS) is 15.8. The summed E-state index contributed by atoms with van der Waals surface area (Å²) in [6.45, 7) is 4.10. The Balaban J connectivity index is 2.03. The van der Waals surface area contributed by atoms with Gasteiger partial charge in [0.1, 0.15) is 10.7 Å². The number of hydrogen-bond donors (Lipinski definition) is 0. The molecule has 128 valence electrons. The second kappa shape index (κ2) is 6.10. The van der Waals surface area contributed by atoms with E-state index in [9.17, 15) is 17.6 Å². The molecule has 1 aromatic heterocycles. The number of carbonyl (C=O) groups is 1. The van der Waals surface area contributed by atoms with Gasteiger partial charge in [0.25, 0.3) is 5.91 Å². The van der Waals surface area contributed by atoms with Crippen molar-refractivity contribution >= 4 is 15.9 Å². The summed E-state index contributed by atoms with van der Waals surface area (Å²) in [6.07, 6.45) is 1.67. The van der Waals surface area contributed by atoms with E-state index >= 15 is 0 Å². The molecule has 1 aromatic carbocycles. The molecular weight excluding hydrogens is 333 g/mol. The Morgan fingerprint density at radius 1 is 1.12 bits per heavy atom. The fourth-order valence-corrected chi connectivity index (χ4v) is 4.84. The maximum absolute atomic E-state index is 13.0. The number of rotatable bonds is 3. The molecule has 0 saturated carbocycles. The number of benzene rings is 1. The molecular formula is C16H18FN3O3S. The average molecular weight is 351 g/mol. The van der Waals surface area contributed by atoms with Crippen molar-refractivity contribution in [2.45, 2.75) is 31.6 Å². The van der Waals surface area contributed by atoms with Gasteiger partial charge in [0.15, 0.2) is 0 Å². The van der Waals surface area contributed by atoms with Crippen LogP contribution in [0.4, 0.5) is 4.39 Å². The molecule has 2 heterocycles. The summed E-state index contributed by atoms with van der Waals surface area (Å²) >= 11 is 0. The minimum absolute atomic E-state index is 0.0832. The molecule has 0 bridgehead atoms. The second-order valence-corrected chi connectivity index (χ2v) is 7.71. The molecule has 0 amide bonds. The van der Waals surface area contributed by atoms with E-state index in [0.29, 0.717) is 13.1 Å². The van der Waals surface area contributed by atoms with Crippen LogP contribution in [0.25, 0.3) is 0 Å². The number of nitrogens with zero attached hydrogens (tertiary/aromatic N) is 3. The predicted molar refractivity (Wildman–Crippen MR) is 85.8 cm³/mol. The molecule has 6 nitrogen and oxygen atoms in total. The zero-order valence-corrected chi connectivity index (χ0v) is 14.3. The minimum atomic E-state index is -3.66. The third-order valence-corrected chi connectivity index (χ3v) is 6.32. The topological polar surface area (TPSA) is 72.3 Å². The first-order valence-corrected chi connectivity index (χ1v) is 9.13.